The third-order valence-electron chi connectivity index (χ3n) is 4.38. The van der Waals surface area contributed by atoms with Crippen molar-refractivity contribution in [2.24, 2.45) is 5.92 Å². The van der Waals surface area contributed by atoms with E-state index in [0.29, 0.717) is 11.8 Å². The molecule has 0 bridgehead atoms. The van der Waals surface area contributed by atoms with Gasteiger partial charge < -0.3 is 10.4 Å². The predicted octanol–water partition coefficient (Wildman–Crippen LogP) is 2.14. The first kappa shape index (κ1) is 12.0. The van der Waals surface area contributed by atoms with Crippen LogP contribution in [0.25, 0.3) is 0 Å². The molecule has 2 fully saturated rings. The molecule has 2 aliphatic rings. The lowest BCUT2D eigenvalue weighted by molar-refractivity contribution is 0.0837. The number of piperazine rings is 1. The van der Waals surface area contributed by atoms with Crippen molar-refractivity contribution in [2.75, 3.05) is 26.2 Å². The van der Waals surface area contributed by atoms with E-state index >= 15 is 0 Å². The normalized spacial score (nSPS) is 23.6. The van der Waals surface area contributed by atoms with Crippen LogP contribution in [0.4, 0.5) is 0 Å². The summed E-state index contributed by atoms with van der Waals surface area (Å²) in [6.45, 7) is 4.48. The van der Waals surface area contributed by atoms with E-state index < -0.39 is 0 Å². The van der Waals surface area contributed by atoms with Crippen LogP contribution < -0.4 is 5.32 Å². The molecule has 0 aromatic heterocycles. The van der Waals surface area contributed by atoms with E-state index in [1.54, 1.807) is 0 Å². The standard InChI is InChI=1S/C15H22N2O/c18-14-6-4-13(5-7-14)15(12-2-1-3-12)17-10-8-16-9-11-17/h4-7,12,15-16,18H,1-3,8-11H2/t15-/m1/s1. The number of hydrogen-bond acceptors (Lipinski definition) is 3. The quantitative estimate of drug-likeness (QED) is 0.857. The number of phenols is 1. The molecule has 1 aromatic carbocycles. The summed E-state index contributed by atoms with van der Waals surface area (Å²) in [5.41, 5.74) is 1.37. The molecular weight excluding hydrogens is 224 g/mol. The van der Waals surface area contributed by atoms with Gasteiger partial charge in [0.15, 0.2) is 0 Å². The van der Waals surface area contributed by atoms with Gasteiger partial charge in [-0.2, -0.15) is 0 Å². The van der Waals surface area contributed by atoms with Crippen LogP contribution in [0.2, 0.25) is 0 Å². The minimum atomic E-state index is 0.367. The maximum Gasteiger partial charge on any atom is 0.115 e. The molecule has 1 heterocycles. The molecule has 18 heavy (non-hydrogen) atoms. The molecule has 98 valence electrons. The summed E-state index contributed by atoms with van der Waals surface area (Å²) < 4.78 is 0. The summed E-state index contributed by atoms with van der Waals surface area (Å²) in [6.07, 6.45) is 4.09. The van der Waals surface area contributed by atoms with E-state index in [2.05, 4.69) is 22.3 Å². The summed E-state index contributed by atoms with van der Waals surface area (Å²) >= 11 is 0. The predicted molar refractivity (Wildman–Crippen MR) is 72.6 cm³/mol. The van der Waals surface area contributed by atoms with Crippen LogP contribution in [0.1, 0.15) is 30.9 Å². The molecule has 0 amide bonds. The SMILES string of the molecule is Oc1ccc([C@@H](C2CCC2)N2CCNCC2)cc1. The molecule has 3 nitrogen and oxygen atoms in total. The molecule has 1 aliphatic carbocycles. The van der Waals surface area contributed by atoms with E-state index in [-0.39, 0.29) is 0 Å². The molecule has 0 radical (unpaired) electrons. The van der Waals surface area contributed by atoms with Crippen molar-refractivity contribution in [1.29, 1.82) is 0 Å². The minimum Gasteiger partial charge on any atom is -0.508 e. The number of phenolic OH excluding ortho intramolecular Hbond substituents is 1. The first-order valence-corrected chi connectivity index (χ1v) is 7.08. The second kappa shape index (κ2) is 5.29. The fourth-order valence-corrected chi connectivity index (χ4v) is 3.17. The van der Waals surface area contributed by atoms with Gasteiger partial charge in [-0.1, -0.05) is 18.6 Å². The Morgan fingerprint density at radius 2 is 1.78 bits per heavy atom. The first-order valence-electron chi connectivity index (χ1n) is 7.08. The van der Waals surface area contributed by atoms with E-state index in [1.807, 2.05) is 12.1 Å². The van der Waals surface area contributed by atoms with Crippen LogP contribution in [0, 0.1) is 5.92 Å². The Kier molecular flexibility index (Phi) is 3.52. The van der Waals surface area contributed by atoms with E-state index in [1.165, 1.54) is 24.8 Å². The van der Waals surface area contributed by atoms with E-state index in [9.17, 15) is 5.11 Å². The van der Waals surface area contributed by atoms with Crippen LogP contribution in [-0.4, -0.2) is 36.2 Å². The van der Waals surface area contributed by atoms with Gasteiger partial charge in [0.1, 0.15) is 5.75 Å². The fraction of sp³-hybridized carbons (Fsp3) is 0.600. The number of benzene rings is 1. The molecule has 1 saturated carbocycles. The van der Waals surface area contributed by atoms with Crippen molar-refractivity contribution in [3.63, 3.8) is 0 Å². The Bertz CT molecular complexity index is 380. The lowest BCUT2D eigenvalue weighted by atomic mass is 9.76. The Hall–Kier alpha value is -1.06. The van der Waals surface area contributed by atoms with Crippen LogP contribution in [0.5, 0.6) is 5.75 Å². The summed E-state index contributed by atoms with van der Waals surface area (Å²) in [4.78, 5) is 2.62. The summed E-state index contributed by atoms with van der Waals surface area (Å²) in [6, 6.07) is 8.40. The minimum absolute atomic E-state index is 0.367. The molecule has 3 heteroatoms. The second-order valence-electron chi connectivity index (χ2n) is 5.51. The molecule has 0 spiro atoms. The molecule has 1 saturated heterocycles. The molecule has 2 N–H and O–H groups in total. The highest BCUT2D eigenvalue weighted by Crippen LogP contribution is 2.41. The van der Waals surface area contributed by atoms with Gasteiger partial charge in [0, 0.05) is 32.2 Å². The molecule has 1 aromatic rings. The zero-order valence-corrected chi connectivity index (χ0v) is 10.8. The topological polar surface area (TPSA) is 35.5 Å². The number of nitrogens with one attached hydrogen (secondary N) is 1. The Morgan fingerprint density at radius 1 is 1.11 bits per heavy atom. The van der Waals surface area contributed by atoms with Crippen molar-refractivity contribution in [1.82, 2.24) is 10.2 Å². The molecule has 3 rings (SSSR count). The van der Waals surface area contributed by atoms with Crippen LogP contribution in [-0.2, 0) is 0 Å². The molecule has 1 aliphatic heterocycles. The van der Waals surface area contributed by atoms with Gasteiger partial charge in [0.2, 0.25) is 0 Å². The number of nitrogens with zero attached hydrogens (tertiary/aromatic N) is 1. The van der Waals surface area contributed by atoms with Crippen molar-refractivity contribution < 1.29 is 5.11 Å². The van der Waals surface area contributed by atoms with Crippen molar-refractivity contribution in [3.05, 3.63) is 29.8 Å². The Labute approximate surface area is 109 Å². The molecule has 1 atom stereocenters. The maximum absolute atomic E-state index is 9.43. The van der Waals surface area contributed by atoms with Gasteiger partial charge in [-0.3, -0.25) is 4.90 Å². The second-order valence-corrected chi connectivity index (χ2v) is 5.51. The lowest BCUT2D eigenvalue weighted by Crippen LogP contribution is -2.47. The van der Waals surface area contributed by atoms with Crippen LogP contribution >= 0.6 is 0 Å². The highest BCUT2D eigenvalue weighted by molar-refractivity contribution is 5.29. The van der Waals surface area contributed by atoms with Crippen molar-refractivity contribution in [2.45, 2.75) is 25.3 Å². The maximum atomic E-state index is 9.43. The third kappa shape index (κ3) is 2.38. The average Bonchev–Trinajstić information content (AvgIpc) is 2.36. The van der Waals surface area contributed by atoms with Crippen LogP contribution in [0.3, 0.4) is 0 Å². The number of rotatable bonds is 3. The summed E-state index contributed by atoms with van der Waals surface area (Å²) in [5, 5.41) is 12.9. The molecular formula is C15H22N2O. The van der Waals surface area contributed by atoms with Gasteiger partial charge in [0.25, 0.3) is 0 Å². The zero-order chi connectivity index (χ0) is 12.4. The van der Waals surface area contributed by atoms with E-state index in [4.69, 9.17) is 0 Å². The van der Waals surface area contributed by atoms with Crippen molar-refractivity contribution in [3.8, 4) is 5.75 Å². The first-order chi connectivity index (χ1) is 8.84. The summed E-state index contributed by atoms with van der Waals surface area (Å²) in [7, 11) is 0. The Balaban J connectivity index is 1.81. The largest absolute Gasteiger partial charge is 0.508 e. The summed E-state index contributed by atoms with van der Waals surface area (Å²) in [5.74, 6) is 1.18. The molecule has 0 unspecified atom stereocenters. The van der Waals surface area contributed by atoms with Gasteiger partial charge in [-0.15, -0.1) is 0 Å². The number of aromatic hydroxyl groups is 1. The van der Waals surface area contributed by atoms with Gasteiger partial charge in [-0.05, 0) is 36.5 Å². The highest BCUT2D eigenvalue weighted by atomic mass is 16.3. The van der Waals surface area contributed by atoms with E-state index in [0.717, 1.165) is 32.1 Å². The van der Waals surface area contributed by atoms with Gasteiger partial charge in [-0.25, -0.2) is 0 Å². The average molecular weight is 246 g/mol. The highest BCUT2D eigenvalue weighted by Gasteiger charge is 2.33. The lowest BCUT2D eigenvalue weighted by Gasteiger charge is -2.43. The monoisotopic (exact) mass is 246 g/mol. The fourth-order valence-electron chi connectivity index (χ4n) is 3.17. The van der Waals surface area contributed by atoms with Gasteiger partial charge >= 0.3 is 0 Å². The zero-order valence-electron chi connectivity index (χ0n) is 10.8. The van der Waals surface area contributed by atoms with Crippen LogP contribution in [0.15, 0.2) is 24.3 Å². The third-order valence-corrected chi connectivity index (χ3v) is 4.38. The van der Waals surface area contributed by atoms with Crippen molar-refractivity contribution >= 4 is 0 Å². The Morgan fingerprint density at radius 3 is 2.33 bits per heavy atom. The van der Waals surface area contributed by atoms with Gasteiger partial charge in [0.05, 0.1) is 0 Å². The smallest absolute Gasteiger partial charge is 0.115 e. The number of hydrogen-bond donors (Lipinski definition) is 2.